The van der Waals surface area contributed by atoms with E-state index in [4.69, 9.17) is 10.5 Å². The first kappa shape index (κ1) is 15.5. The van der Waals surface area contributed by atoms with Gasteiger partial charge < -0.3 is 15.6 Å². The van der Waals surface area contributed by atoms with Gasteiger partial charge in [-0.3, -0.25) is 4.79 Å². The maximum Gasteiger partial charge on any atom is 0.271 e. The maximum absolute atomic E-state index is 11.9. The van der Waals surface area contributed by atoms with E-state index in [1.165, 1.54) is 19.4 Å². The number of phenols is 1. The third kappa shape index (κ3) is 3.83. The number of nitrogens with one attached hydrogen (secondary N) is 1. The number of nitrogens with two attached hydrogens (primary N) is 1. The molecule has 0 aromatic heterocycles. The minimum Gasteiger partial charge on any atom is -0.504 e. The lowest BCUT2D eigenvalue weighted by Gasteiger charge is -2.04. The van der Waals surface area contributed by atoms with Crippen molar-refractivity contribution in [3.05, 3.63) is 59.2 Å². The van der Waals surface area contributed by atoms with Crippen LogP contribution in [0.4, 0.5) is 0 Å². The van der Waals surface area contributed by atoms with E-state index in [0.717, 1.165) is 5.56 Å². The molecule has 6 nitrogen and oxygen atoms in total. The molecule has 0 atom stereocenters. The molecule has 0 aliphatic rings. The highest BCUT2D eigenvalue weighted by Gasteiger charge is 2.04. The first-order valence-electron chi connectivity index (χ1n) is 6.63. The second-order valence-corrected chi connectivity index (χ2v) is 4.53. The van der Waals surface area contributed by atoms with Crippen LogP contribution in [0.2, 0.25) is 0 Å². The Morgan fingerprint density at radius 2 is 2.05 bits per heavy atom. The van der Waals surface area contributed by atoms with Crippen LogP contribution in [0.1, 0.15) is 21.5 Å². The van der Waals surface area contributed by atoms with E-state index in [-0.39, 0.29) is 11.7 Å². The summed E-state index contributed by atoms with van der Waals surface area (Å²) in [5.74, 6) is 0.0712. The smallest absolute Gasteiger partial charge is 0.271 e. The van der Waals surface area contributed by atoms with Gasteiger partial charge >= 0.3 is 0 Å². The van der Waals surface area contributed by atoms with Gasteiger partial charge in [-0.05, 0) is 41.5 Å². The Morgan fingerprint density at radius 3 is 2.68 bits per heavy atom. The van der Waals surface area contributed by atoms with Crippen molar-refractivity contribution < 1.29 is 14.6 Å². The van der Waals surface area contributed by atoms with Gasteiger partial charge in [0, 0.05) is 12.1 Å². The maximum atomic E-state index is 11.9. The third-order valence-electron chi connectivity index (χ3n) is 3.04. The predicted octanol–water partition coefficient (Wildman–Crippen LogP) is 1.62. The number of benzene rings is 2. The highest BCUT2D eigenvalue weighted by Crippen LogP contribution is 2.25. The van der Waals surface area contributed by atoms with E-state index in [2.05, 4.69) is 10.5 Å². The molecule has 0 bridgehead atoms. The number of ether oxygens (including phenoxy) is 1. The summed E-state index contributed by atoms with van der Waals surface area (Å²) in [5.41, 5.74) is 10.1. The molecule has 0 radical (unpaired) electrons. The number of aromatic hydroxyl groups is 1. The van der Waals surface area contributed by atoms with Gasteiger partial charge in [-0.1, -0.05) is 12.1 Å². The van der Waals surface area contributed by atoms with Crippen LogP contribution in [-0.2, 0) is 6.54 Å². The molecule has 0 aliphatic carbocycles. The summed E-state index contributed by atoms with van der Waals surface area (Å²) >= 11 is 0. The van der Waals surface area contributed by atoms with Gasteiger partial charge in [0.15, 0.2) is 11.5 Å². The first-order chi connectivity index (χ1) is 10.6. The summed E-state index contributed by atoms with van der Waals surface area (Å²) in [5, 5.41) is 13.4. The lowest BCUT2D eigenvalue weighted by atomic mass is 10.1. The average molecular weight is 299 g/mol. The highest BCUT2D eigenvalue weighted by atomic mass is 16.5. The van der Waals surface area contributed by atoms with Crippen molar-refractivity contribution in [2.45, 2.75) is 6.54 Å². The summed E-state index contributed by atoms with van der Waals surface area (Å²) in [6, 6.07) is 11.7. The Kier molecular flexibility index (Phi) is 5.11. The minimum absolute atomic E-state index is 0.0451. The lowest BCUT2D eigenvalue weighted by molar-refractivity contribution is 0.0955. The standard InChI is InChI=1S/C16H17N3O3/c1-22-15-8-12(4-7-14(15)20)10-18-19-16(21)13-5-2-11(9-17)3-6-13/h2-8,10,20H,9,17H2,1H3,(H,19,21)/b18-10+. The van der Waals surface area contributed by atoms with Crippen molar-refractivity contribution in [1.82, 2.24) is 5.43 Å². The average Bonchev–Trinajstić information content (AvgIpc) is 2.56. The Bertz CT molecular complexity index is 682. The highest BCUT2D eigenvalue weighted by molar-refractivity contribution is 5.94. The van der Waals surface area contributed by atoms with Gasteiger partial charge in [0.25, 0.3) is 5.91 Å². The van der Waals surface area contributed by atoms with E-state index in [0.29, 0.717) is 23.4 Å². The second kappa shape index (κ2) is 7.24. The fourth-order valence-corrected chi connectivity index (χ4v) is 1.80. The number of rotatable bonds is 5. The molecule has 2 aromatic rings. The SMILES string of the molecule is COc1cc(/C=N/NC(=O)c2ccc(CN)cc2)ccc1O. The Hall–Kier alpha value is -2.86. The number of nitrogens with zero attached hydrogens (tertiary/aromatic N) is 1. The second-order valence-electron chi connectivity index (χ2n) is 4.53. The summed E-state index contributed by atoms with van der Waals surface area (Å²) in [6.07, 6.45) is 1.47. The molecule has 0 heterocycles. The molecule has 2 rings (SSSR count). The largest absolute Gasteiger partial charge is 0.504 e. The zero-order valence-electron chi connectivity index (χ0n) is 12.1. The molecule has 22 heavy (non-hydrogen) atoms. The van der Waals surface area contributed by atoms with E-state index in [1.807, 2.05) is 0 Å². The summed E-state index contributed by atoms with van der Waals surface area (Å²) < 4.78 is 4.99. The van der Waals surface area contributed by atoms with Crippen LogP contribution in [0.25, 0.3) is 0 Å². The molecule has 2 aromatic carbocycles. The zero-order valence-corrected chi connectivity index (χ0v) is 12.1. The van der Waals surface area contributed by atoms with E-state index in [1.54, 1.807) is 36.4 Å². The molecule has 1 amide bonds. The van der Waals surface area contributed by atoms with Crippen LogP contribution in [-0.4, -0.2) is 24.3 Å². The molecule has 6 heteroatoms. The first-order valence-corrected chi connectivity index (χ1v) is 6.63. The number of carbonyl (C=O) groups is 1. The number of amides is 1. The van der Waals surface area contributed by atoms with Crippen LogP contribution in [0.15, 0.2) is 47.6 Å². The van der Waals surface area contributed by atoms with Gasteiger partial charge in [0.05, 0.1) is 13.3 Å². The number of phenolic OH excluding ortho intramolecular Hbond substituents is 1. The van der Waals surface area contributed by atoms with Gasteiger partial charge in [0.1, 0.15) is 0 Å². The molecule has 114 valence electrons. The van der Waals surface area contributed by atoms with Gasteiger partial charge in [-0.15, -0.1) is 0 Å². The van der Waals surface area contributed by atoms with Gasteiger partial charge in [-0.25, -0.2) is 5.43 Å². The molecule has 0 saturated heterocycles. The van der Waals surface area contributed by atoms with Crippen molar-refractivity contribution >= 4 is 12.1 Å². The number of methoxy groups -OCH3 is 1. The summed E-state index contributed by atoms with van der Waals surface area (Å²) in [7, 11) is 1.46. The van der Waals surface area contributed by atoms with Crippen LogP contribution < -0.4 is 15.9 Å². The number of hydrogen-bond acceptors (Lipinski definition) is 5. The monoisotopic (exact) mass is 299 g/mol. The zero-order chi connectivity index (χ0) is 15.9. The number of hydrogen-bond donors (Lipinski definition) is 3. The molecule has 0 saturated carbocycles. The van der Waals surface area contributed by atoms with Crippen molar-refractivity contribution in [1.29, 1.82) is 0 Å². The molecular weight excluding hydrogens is 282 g/mol. The molecular formula is C16H17N3O3. The fraction of sp³-hybridized carbons (Fsp3) is 0.125. The lowest BCUT2D eigenvalue weighted by Crippen LogP contribution is -2.17. The molecule has 0 aliphatic heterocycles. The van der Waals surface area contributed by atoms with Gasteiger partial charge in [0.2, 0.25) is 0 Å². The van der Waals surface area contributed by atoms with Crippen molar-refractivity contribution in [2.24, 2.45) is 10.8 Å². The summed E-state index contributed by atoms with van der Waals surface area (Å²) in [4.78, 5) is 11.9. The number of carbonyl (C=O) groups excluding carboxylic acids is 1. The van der Waals surface area contributed by atoms with Crippen molar-refractivity contribution in [2.75, 3.05) is 7.11 Å². The Labute approximate surface area is 128 Å². The summed E-state index contributed by atoms with van der Waals surface area (Å²) in [6.45, 7) is 0.433. The van der Waals surface area contributed by atoms with Crippen LogP contribution >= 0.6 is 0 Å². The molecule has 4 N–H and O–H groups in total. The van der Waals surface area contributed by atoms with Crippen molar-refractivity contribution in [3.63, 3.8) is 0 Å². The van der Waals surface area contributed by atoms with Gasteiger partial charge in [-0.2, -0.15) is 5.10 Å². The fourth-order valence-electron chi connectivity index (χ4n) is 1.80. The van der Waals surface area contributed by atoms with E-state index < -0.39 is 0 Å². The van der Waals surface area contributed by atoms with E-state index in [9.17, 15) is 9.90 Å². The topological polar surface area (TPSA) is 96.9 Å². The third-order valence-corrected chi connectivity index (χ3v) is 3.04. The molecule has 0 fully saturated rings. The van der Waals surface area contributed by atoms with Crippen LogP contribution in [0, 0.1) is 0 Å². The Morgan fingerprint density at radius 1 is 1.32 bits per heavy atom. The van der Waals surface area contributed by atoms with Crippen LogP contribution in [0.3, 0.4) is 0 Å². The number of hydrazone groups is 1. The Balaban J connectivity index is 2.00. The molecule has 0 unspecified atom stereocenters. The van der Waals surface area contributed by atoms with E-state index >= 15 is 0 Å². The quantitative estimate of drug-likeness (QED) is 0.577. The predicted molar refractivity (Wildman–Crippen MR) is 84.1 cm³/mol. The van der Waals surface area contributed by atoms with Crippen molar-refractivity contribution in [3.8, 4) is 11.5 Å². The minimum atomic E-state index is -0.314. The molecule has 0 spiro atoms. The normalized spacial score (nSPS) is 10.6. The van der Waals surface area contributed by atoms with Crippen LogP contribution in [0.5, 0.6) is 11.5 Å².